The zero-order valence-corrected chi connectivity index (χ0v) is 26.1. The average Bonchev–Trinajstić information content (AvgIpc) is 3.81. The number of hydrogen-bond acceptors (Lipinski definition) is 6. The van der Waals surface area contributed by atoms with Gasteiger partial charge in [-0.1, -0.05) is 43.5 Å². The lowest BCUT2D eigenvalue weighted by molar-refractivity contribution is -0.131. The number of nitrogens with zero attached hydrogens (tertiary/aromatic N) is 6. The van der Waals surface area contributed by atoms with Crippen LogP contribution in [0.5, 0.6) is 0 Å². The maximum atomic E-state index is 10.9. The van der Waals surface area contributed by atoms with Crippen molar-refractivity contribution in [3.05, 3.63) is 77.9 Å². The molecule has 0 radical (unpaired) electrons. The normalized spacial score (nSPS) is 19.9. The summed E-state index contributed by atoms with van der Waals surface area (Å²) in [6.45, 7) is 9.45. The second-order valence-corrected chi connectivity index (χ2v) is 13.3. The number of aliphatic carboxylic acids is 1. The Hall–Kier alpha value is -3.27. The monoisotopic (exact) mass is 599 g/mol. The molecule has 2 saturated heterocycles. The lowest BCUT2D eigenvalue weighted by atomic mass is 9.77. The maximum absolute atomic E-state index is 10.9. The van der Waals surface area contributed by atoms with E-state index in [1.54, 1.807) is 12.3 Å². The first-order valence-electron chi connectivity index (χ1n) is 16.7. The molecule has 0 bridgehead atoms. The highest BCUT2D eigenvalue weighted by Crippen LogP contribution is 2.41. The van der Waals surface area contributed by atoms with Crippen LogP contribution in [0.3, 0.4) is 0 Å². The molecule has 236 valence electrons. The number of carboxylic acid groups (broad SMARTS) is 1. The van der Waals surface area contributed by atoms with Gasteiger partial charge in [0, 0.05) is 56.5 Å². The van der Waals surface area contributed by atoms with Crippen LogP contribution >= 0.6 is 0 Å². The van der Waals surface area contributed by atoms with Crippen molar-refractivity contribution in [3.63, 3.8) is 0 Å². The van der Waals surface area contributed by atoms with Gasteiger partial charge in [0.1, 0.15) is 11.6 Å². The number of nitrogens with one attached hydrogen (secondary N) is 1. The summed E-state index contributed by atoms with van der Waals surface area (Å²) in [4.78, 5) is 31.2. The number of likely N-dealkylation sites (tertiary alicyclic amines) is 2. The summed E-state index contributed by atoms with van der Waals surface area (Å²) in [7, 11) is 0. The molecule has 0 unspecified atom stereocenters. The number of aryl methyl sites for hydroxylation is 1. The summed E-state index contributed by atoms with van der Waals surface area (Å²) >= 11 is 0. The Morgan fingerprint density at radius 1 is 0.977 bits per heavy atom. The van der Waals surface area contributed by atoms with Crippen LogP contribution in [0.25, 0.3) is 6.08 Å². The highest BCUT2D eigenvalue weighted by Gasteiger charge is 2.41. The van der Waals surface area contributed by atoms with Crippen molar-refractivity contribution < 1.29 is 9.90 Å². The summed E-state index contributed by atoms with van der Waals surface area (Å²) in [6.07, 6.45) is 22.9. The molecule has 0 atom stereocenters. The zero-order chi connectivity index (χ0) is 30.2. The molecule has 9 heteroatoms. The Balaban J connectivity index is 0.996. The molecule has 3 fully saturated rings. The van der Waals surface area contributed by atoms with Crippen molar-refractivity contribution in [2.45, 2.75) is 90.0 Å². The summed E-state index contributed by atoms with van der Waals surface area (Å²) in [6, 6.07) is 8.91. The smallest absolute Gasteiger partial charge is 0.328 e. The topological polar surface area (TPSA) is 93.5 Å². The van der Waals surface area contributed by atoms with Crippen molar-refractivity contribution >= 4 is 12.0 Å². The number of H-pyrrole nitrogens is 1. The number of benzene rings is 1. The fourth-order valence-electron chi connectivity index (χ4n) is 7.72. The lowest BCUT2D eigenvalue weighted by Crippen LogP contribution is -2.46. The van der Waals surface area contributed by atoms with Gasteiger partial charge in [0.2, 0.25) is 0 Å². The minimum atomic E-state index is -0.941. The van der Waals surface area contributed by atoms with Crippen LogP contribution in [0.15, 0.2) is 55.1 Å². The van der Waals surface area contributed by atoms with Crippen molar-refractivity contribution in [1.82, 2.24) is 34.2 Å². The minimum absolute atomic E-state index is 0.558. The highest BCUT2D eigenvalue weighted by molar-refractivity contribution is 5.85. The Bertz CT molecular complexity index is 1340. The van der Waals surface area contributed by atoms with Crippen LogP contribution in [0, 0.1) is 5.41 Å². The second kappa shape index (κ2) is 14.7. The van der Waals surface area contributed by atoms with Crippen LogP contribution in [-0.4, -0.2) is 84.1 Å². The maximum Gasteiger partial charge on any atom is 0.328 e. The molecule has 0 amide bonds. The van der Waals surface area contributed by atoms with Crippen molar-refractivity contribution in [2.24, 2.45) is 5.41 Å². The van der Waals surface area contributed by atoms with Crippen LogP contribution in [0.1, 0.15) is 80.6 Å². The van der Waals surface area contributed by atoms with Crippen molar-refractivity contribution in [3.8, 4) is 0 Å². The van der Waals surface area contributed by atoms with E-state index in [4.69, 9.17) is 10.1 Å². The van der Waals surface area contributed by atoms with Gasteiger partial charge in [-0.05, 0) is 87.3 Å². The Morgan fingerprint density at radius 2 is 1.77 bits per heavy atom. The van der Waals surface area contributed by atoms with Gasteiger partial charge in [0.05, 0.1) is 13.1 Å². The molecule has 2 aromatic heterocycles. The number of aromatic nitrogens is 4. The highest BCUT2D eigenvalue weighted by atomic mass is 16.4. The van der Waals surface area contributed by atoms with Gasteiger partial charge >= 0.3 is 5.97 Å². The first-order valence-corrected chi connectivity index (χ1v) is 16.7. The second-order valence-electron chi connectivity index (χ2n) is 13.3. The SMILES string of the molecule is O=C(O)C=Cc1ccc(CN(Cc2ncc[nH]2)Cc2nccn2CCCN2CCC3(CCN(C4CCCCC4)CC3)C2)cc1. The van der Waals surface area contributed by atoms with Gasteiger partial charge in [-0.25, -0.2) is 14.8 Å². The van der Waals surface area contributed by atoms with Crippen molar-refractivity contribution in [1.29, 1.82) is 0 Å². The summed E-state index contributed by atoms with van der Waals surface area (Å²) in [5.74, 6) is 1.06. The fourth-order valence-corrected chi connectivity index (χ4v) is 7.72. The Kier molecular flexibility index (Phi) is 10.3. The van der Waals surface area contributed by atoms with Crippen LogP contribution in [-0.2, 0) is 31.0 Å². The number of carboxylic acids is 1. The molecule has 44 heavy (non-hydrogen) atoms. The standard InChI is InChI=1S/C35H49N7O2/c43-34(44)12-11-29-7-9-30(10-8-29)25-40(26-32-36-16-17-37-32)27-33-38-18-24-42(33)20-4-19-39-21-13-35(28-39)14-22-41(23-15-35)31-5-2-1-3-6-31/h7-12,16-18,24,31H,1-6,13-15,19-23,25-28H2,(H,36,37)(H,43,44). The van der Waals surface area contributed by atoms with E-state index in [0.717, 1.165) is 61.4 Å². The number of imidazole rings is 2. The van der Waals surface area contributed by atoms with Crippen LogP contribution in [0.2, 0.25) is 0 Å². The van der Waals surface area contributed by atoms with E-state index in [1.807, 2.05) is 24.5 Å². The molecule has 9 nitrogen and oxygen atoms in total. The molecular weight excluding hydrogens is 550 g/mol. The molecule has 1 aliphatic carbocycles. The predicted octanol–water partition coefficient (Wildman–Crippen LogP) is 5.42. The van der Waals surface area contributed by atoms with E-state index in [9.17, 15) is 4.79 Å². The third kappa shape index (κ3) is 8.25. The molecular formula is C35H49N7O2. The van der Waals surface area contributed by atoms with Crippen molar-refractivity contribution in [2.75, 3.05) is 32.7 Å². The fraction of sp³-hybridized carbons (Fsp3) is 0.571. The quantitative estimate of drug-likeness (QED) is 0.254. The predicted molar refractivity (Wildman–Crippen MR) is 173 cm³/mol. The molecule has 6 rings (SSSR count). The van der Waals surface area contributed by atoms with Gasteiger partial charge < -0.3 is 24.5 Å². The summed E-state index contributed by atoms with van der Waals surface area (Å²) in [5.41, 5.74) is 2.59. The van der Waals surface area contributed by atoms with Gasteiger partial charge in [-0.15, -0.1) is 0 Å². The number of aromatic amines is 1. The molecule has 3 aromatic rings. The molecule has 1 saturated carbocycles. The molecule has 2 N–H and O–H groups in total. The summed E-state index contributed by atoms with van der Waals surface area (Å²) < 4.78 is 2.32. The molecule has 3 aliphatic rings. The number of rotatable bonds is 13. The van der Waals surface area contributed by atoms with E-state index in [0.29, 0.717) is 12.0 Å². The number of hydrogen-bond donors (Lipinski definition) is 2. The molecule has 1 aromatic carbocycles. The molecule has 2 aliphatic heterocycles. The van der Waals surface area contributed by atoms with E-state index in [1.165, 1.54) is 83.6 Å². The number of carbonyl (C=O) groups is 1. The largest absolute Gasteiger partial charge is 0.478 e. The molecule has 1 spiro atoms. The van der Waals surface area contributed by atoms with Gasteiger partial charge in [-0.3, -0.25) is 4.90 Å². The van der Waals surface area contributed by atoms with Crippen LogP contribution < -0.4 is 0 Å². The first kappa shape index (κ1) is 30.7. The Morgan fingerprint density at radius 3 is 2.52 bits per heavy atom. The van der Waals surface area contributed by atoms with E-state index < -0.39 is 5.97 Å². The van der Waals surface area contributed by atoms with E-state index in [2.05, 4.69) is 47.6 Å². The first-order chi connectivity index (χ1) is 21.5. The average molecular weight is 600 g/mol. The third-order valence-corrected chi connectivity index (χ3v) is 10.2. The summed E-state index contributed by atoms with van der Waals surface area (Å²) in [5, 5.41) is 8.91. The van der Waals surface area contributed by atoms with E-state index in [-0.39, 0.29) is 0 Å². The van der Waals surface area contributed by atoms with Crippen LogP contribution in [0.4, 0.5) is 0 Å². The molecule has 4 heterocycles. The number of piperidine rings is 1. The van der Waals surface area contributed by atoms with E-state index >= 15 is 0 Å². The third-order valence-electron chi connectivity index (χ3n) is 10.2. The zero-order valence-electron chi connectivity index (χ0n) is 26.1. The van der Waals surface area contributed by atoms with Gasteiger partial charge in [0.25, 0.3) is 0 Å². The Labute approximate surface area is 262 Å². The van der Waals surface area contributed by atoms with Gasteiger partial charge in [-0.2, -0.15) is 0 Å². The minimum Gasteiger partial charge on any atom is -0.478 e. The van der Waals surface area contributed by atoms with Gasteiger partial charge in [0.15, 0.2) is 0 Å². The lowest BCUT2D eigenvalue weighted by Gasteiger charge is -2.44.